The van der Waals surface area contributed by atoms with Crippen LogP contribution in [0.3, 0.4) is 0 Å². The van der Waals surface area contributed by atoms with Gasteiger partial charge in [0.05, 0.1) is 5.56 Å². The van der Waals surface area contributed by atoms with Crippen LogP contribution in [0.4, 0.5) is 5.69 Å². The third kappa shape index (κ3) is 4.45. The van der Waals surface area contributed by atoms with Crippen LogP contribution in [0.2, 0.25) is 0 Å². The van der Waals surface area contributed by atoms with Gasteiger partial charge in [-0.05, 0) is 12.1 Å². The van der Waals surface area contributed by atoms with E-state index in [0.29, 0.717) is 5.69 Å². The summed E-state index contributed by atoms with van der Waals surface area (Å²) < 4.78 is 33.9. The molecule has 0 fully saturated rings. The Hall–Kier alpha value is -1.54. The number of benzene rings is 1. The Morgan fingerprint density at radius 2 is 2.12 bits per heavy atom. The average Bonchev–Trinajstić information content (AvgIpc) is 2.20. The third-order valence-electron chi connectivity index (χ3n) is 2.08. The van der Waals surface area contributed by atoms with Crippen LogP contribution in [0.1, 0.15) is 10.4 Å². The monoisotopic (exact) mass is 257 g/mol. The maximum Gasteiger partial charge on any atom is 0.338 e. The highest BCUT2D eigenvalue weighted by Gasteiger charge is 2.10. The van der Waals surface area contributed by atoms with Crippen LogP contribution >= 0.6 is 0 Å². The number of anilines is 1. The highest BCUT2D eigenvalue weighted by molar-refractivity contribution is 7.85. The number of hydrogen-bond acceptors (Lipinski definition) is 5. The lowest BCUT2D eigenvalue weighted by Crippen LogP contribution is -2.17. The zero-order valence-electron chi connectivity index (χ0n) is 9.21. The summed E-state index contributed by atoms with van der Waals surface area (Å²) in [6, 6.07) is 4.60. The number of carbonyl (C=O) groups is 1. The molecule has 0 atom stereocenters. The van der Waals surface area contributed by atoms with Crippen LogP contribution < -0.4 is 11.2 Å². The van der Waals surface area contributed by atoms with Crippen molar-refractivity contribution < 1.29 is 22.5 Å². The largest absolute Gasteiger partial charge is 0.461 e. The van der Waals surface area contributed by atoms with E-state index in [4.69, 9.17) is 10.3 Å². The highest BCUT2D eigenvalue weighted by Crippen LogP contribution is 2.04. The lowest BCUT2D eigenvalue weighted by Gasteiger charge is -2.05. The van der Waals surface area contributed by atoms with E-state index in [1.807, 2.05) is 0 Å². The van der Waals surface area contributed by atoms with Gasteiger partial charge in [-0.1, -0.05) is 11.5 Å². The van der Waals surface area contributed by atoms with Crippen LogP contribution in [0.15, 0.2) is 18.2 Å². The Morgan fingerprint density at radius 1 is 1.47 bits per heavy atom. The maximum absolute atomic E-state index is 11.5. The smallest absolute Gasteiger partial charge is 0.338 e. The summed E-state index contributed by atoms with van der Waals surface area (Å²) in [5.41, 5.74) is 7.15. The Bertz CT molecular complexity index is 528. The molecule has 0 radical (unpaired) electrons. The molecule has 3 N–H and O–H groups in total. The fourth-order valence-corrected chi connectivity index (χ4v) is 1.42. The second-order valence-corrected chi connectivity index (χ2v) is 5.07. The maximum atomic E-state index is 11.5. The van der Waals surface area contributed by atoms with E-state index in [2.05, 4.69) is 4.74 Å². The zero-order chi connectivity index (χ0) is 13.1. The van der Waals surface area contributed by atoms with E-state index in [9.17, 15) is 13.2 Å². The molecule has 0 heterocycles. The summed E-state index contributed by atoms with van der Waals surface area (Å²) in [7, 11) is -2.37. The molecule has 8 heteroatoms. The van der Waals surface area contributed by atoms with E-state index in [1.54, 1.807) is 20.0 Å². The van der Waals surface area contributed by atoms with Crippen LogP contribution in [0.25, 0.3) is 0 Å². The molecule has 0 bridgehead atoms. The summed E-state index contributed by atoms with van der Waals surface area (Å²) >= 11 is 0. The first-order chi connectivity index (χ1) is 7.79. The number of nitrogen functional groups attached to an aromatic ring is 1. The minimum atomic E-state index is -4.11. The molecule has 0 aliphatic carbocycles. The minimum absolute atomic E-state index is 0.284. The number of ether oxygens (including phenoxy) is 1. The second kappa shape index (κ2) is 5.20. The second-order valence-electron chi connectivity index (χ2n) is 3.49. The fourth-order valence-electron chi connectivity index (χ4n) is 1.13. The van der Waals surface area contributed by atoms with Crippen LogP contribution in [0.5, 0.6) is 0 Å². The van der Waals surface area contributed by atoms with Crippen LogP contribution in [0, 0.1) is 0 Å². The van der Waals surface area contributed by atoms with Gasteiger partial charge in [-0.15, -0.1) is 0 Å². The Kier molecular flexibility index (Phi) is 4.14. The van der Waals surface area contributed by atoms with Crippen molar-refractivity contribution in [2.45, 2.75) is 0 Å². The molecule has 0 unspecified atom stereocenters. The Balaban J connectivity index is 2.61. The molecule has 0 spiro atoms. The number of hydrogen-bond donors (Lipinski definition) is 2. The summed E-state index contributed by atoms with van der Waals surface area (Å²) in [5.74, 6) is -1.27. The van der Waals surface area contributed by atoms with E-state index in [1.165, 1.54) is 6.07 Å². The molecular weight excluding hydrogens is 245 g/mol. The van der Waals surface area contributed by atoms with Gasteiger partial charge >= 0.3 is 5.97 Å². The number of carbonyl (C=O) groups excluding carboxylic acids is 1. The first kappa shape index (κ1) is 13.5. The molecule has 1 rings (SSSR count). The van der Waals surface area contributed by atoms with Crippen molar-refractivity contribution in [2.24, 2.45) is 0 Å². The summed E-state index contributed by atoms with van der Waals surface area (Å²) in [4.78, 5) is 11.5. The van der Waals surface area contributed by atoms with Crippen molar-refractivity contribution >= 4 is 35.1 Å². The van der Waals surface area contributed by atoms with Crippen molar-refractivity contribution in [2.75, 3.05) is 18.1 Å². The standard InChI is InChI=1S/C9H12BNO5S/c10-7-5-6(1-2-8(7)11)9(12)16-3-4-17(13,14)15/h1-2,5H,3-4,10-11H2,(H,13,14,15). The Labute approximate surface area is 99.9 Å². The molecule has 0 amide bonds. The topological polar surface area (TPSA) is 107 Å². The predicted molar refractivity (Wildman–Crippen MR) is 65.7 cm³/mol. The fraction of sp³-hybridized carbons (Fsp3) is 0.222. The van der Waals surface area contributed by atoms with E-state index < -0.39 is 21.8 Å². The lowest BCUT2D eigenvalue weighted by molar-refractivity contribution is 0.0528. The Morgan fingerprint density at radius 3 is 2.65 bits per heavy atom. The molecule has 0 aromatic heterocycles. The van der Waals surface area contributed by atoms with Gasteiger partial charge in [0.15, 0.2) is 0 Å². The van der Waals surface area contributed by atoms with Gasteiger partial charge in [-0.2, -0.15) is 8.42 Å². The molecule has 0 saturated carbocycles. The van der Waals surface area contributed by atoms with Crippen molar-refractivity contribution in [1.29, 1.82) is 0 Å². The van der Waals surface area contributed by atoms with Gasteiger partial charge in [-0.25, -0.2) is 4.79 Å². The third-order valence-corrected chi connectivity index (χ3v) is 2.76. The van der Waals surface area contributed by atoms with Gasteiger partial charge in [0.2, 0.25) is 0 Å². The van der Waals surface area contributed by atoms with Crippen molar-refractivity contribution in [3.05, 3.63) is 23.8 Å². The average molecular weight is 257 g/mol. The van der Waals surface area contributed by atoms with E-state index >= 15 is 0 Å². The van der Waals surface area contributed by atoms with Crippen LogP contribution in [-0.4, -0.2) is 39.1 Å². The molecule has 0 saturated heterocycles. The molecule has 17 heavy (non-hydrogen) atoms. The van der Waals surface area contributed by atoms with Crippen molar-refractivity contribution in [3.8, 4) is 0 Å². The summed E-state index contributed by atoms with van der Waals surface area (Å²) in [6.07, 6.45) is 0. The molecule has 1 aromatic carbocycles. The van der Waals surface area contributed by atoms with Gasteiger partial charge in [0, 0.05) is 5.69 Å². The molecule has 0 aliphatic heterocycles. The van der Waals surface area contributed by atoms with Crippen LogP contribution in [-0.2, 0) is 14.9 Å². The van der Waals surface area contributed by atoms with E-state index in [0.717, 1.165) is 5.46 Å². The molecular formula is C9H12BNO5S. The number of rotatable bonds is 4. The minimum Gasteiger partial charge on any atom is -0.461 e. The summed E-state index contributed by atoms with van der Waals surface area (Å²) in [5, 5.41) is 0. The van der Waals surface area contributed by atoms with E-state index in [-0.39, 0.29) is 12.2 Å². The number of nitrogens with two attached hydrogens (primary N) is 1. The van der Waals surface area contributed by atoms with Gasteiger partial charge in [0.25, 0.3) is 10.1 Å². The quantitative estimate of drug-likeness (QED) is 0.296. The summed E-state index contributed by atoms with van der Waals surface area (Å²) in [6.45, 7) is -0.388. The molecule has 0 aliphatic rings. The van der Waals surface area contributed by atoms with Crippen molar-refractivity contribution in [1.82, 2.24) is 0 Å². The SMILES string of the molecule is Bc1cc(C(=O)OCCS(=O)(=O)O)ccc1N. The molecule has 6 nitrogen and oxygen atoms in total. The lowest BCUT2D eigenvalue weighted by atomic mass is 9.92. The molecule has 1 aromatic rings. The molecule has 92 valence electrons. The zero-order valence-corrected chi connectivity index (χ0v) is 10.0. The highest BCUT2D eigenvalue weighted by atomic mass is 32.2. The first-order valence-electron chi connectivity index (χ1n) is 4.78. The predicted octanol–water partition coefficient (Wildman–Crippen LogP) is -1.43. The number of esters is 1. The van der Waals surface area contributed by atoms with Gasteiger partial charge in [0.1, 0.15) is 20.2 Å². The van der Waals surface area contributed by atoms with Crippen molar-refractivity contribution in [3.63, 3.8) is 0 Å². The first-order valence-corrected chi connectivity index (χ1v) is 6.39. The van der Waals surface area contributed by atoms with Gasteiger partial charge in [-0.3, -0.25) is 4.55 Å². The normalized spacial score (nSPS) is 11.1. The van der Waals surface area contributed by atoms with Gasteiger partial charge < -0.3 is 10.5 Å².